The fraction of sp³-hybridized carbons (Fsp3) is 0.636. The highest BCUT2D eigenvalue weighted by Gasteiger charge is 2.15. The van der Waals surface area contributed by atoms with Gasteiger partial charge in [-0.25, -0.2) is 13.1 Å². The van der Waals surface area contributed by atoms with Gasteiger partial charge in [-0.2, -0.15) is 11.3 Å². The number of nitrogens with one attached hydrogen (secondary N) is 2. The van der Waals surface area contributed by atoms with Crippen LogP contribution in [0, 0.1) is 0 Å². The number of hydrogen-bond donors (Lipinski definition) is 2. The van der Waals surface area contributed by atoms with E-state index in [0.717, 1.165) is 31.7 Å². The van der Waals surface area contributed by atoms with Crippen molar-refractivity contribution in [1.29, 1.82) is 0 Å². The maximum Gasteiger partial charge on any atom is 0.213 e. The Kier molecular flexibility index (Phi) is 5.13. The van der Waals surface area contributed by atoms with Crippen molar-refractivity contribution >= 4 is 21.4 Å². The number of thiophene rings is 1. The van der Waals surface area contributed by atoms with Gasteiger partial charge in [-0.3, -0.25) is 4.90 Å². The fourth-order valence-corrected chi connectivity index (χ4v) is 3.54. The van der Waals surface area contributed by atoms with Crippen LogP contribution in [-0.4, -0.2) is 51.8 Å². The summed E-state index contributed by atoms with van der Waals surface area (Å²) in [5.41, 5.74) is 1.02. The predicted octanol–water partition coefficient (Wildman–Crippen LogP) is 0.0727. The van der Waals surface area contributed by atoms with Gasteiger partial charge in [-0.15, -0.1) is 0 Å². The number of sulfonamides is 1. The highest BCUT2D eigenvalue weighted by molar-refractivity contribution is 7.89. The molecule has 102 valence electrons. The summed E-state index contributed by atoms with van der Waals surface area (Å²) in [6, 6.07) is 1.93. The molecule has 2 heterocycles. The molecule has 1 saturated heterocycles. The van der Waals surface area contributed by atoms with E-state index in [2.05, 4.69) is 14.9 Å². The number of hydrogen-bond acceptors (Lipinski definition) is 5. The second-order valence-corrected chi connectivity index (χ2v) is 7.07. The van der Waals surface area contributed by atoms with E-state index in [4.69, 9.17) is 0 Å². The van der Waals surface area contributed by atoms with Gasteiger partial charge < -0.3 is 5.32 Å². The molecule has 0 radical (unpaired) electrons. The molecule has 1 aliphatic rings. The zero-order valence-electron chi connectivity index (χ0n) is 10.3. The maximum absolute atomic E-state index is 11.8. The Labute approximate surface area is 112 Å². The molecule has 1 aliphatic heterocycles. The molecular weight excluding hydrogens is 270 g/mol. The highest BCUT2D eigenvalue weighted by Crippen LogP contribution is 2.05. The Morgan fingerprint density at radius 2 is 2.17 bits per heavy atom. The summed E-state index contributed by atoms with van der Waals surface area (Å²) in [5.74, 6) is 0.178. The van der Waals surface area contributed by atoms with Crippen LogP contribution >= 0.6 is 11.3 Å². The summed E-state index contributed by atoms with van der Waals surface area (Å²) in [4.78, 5) is 2.18. The normalized spacial score (nSPS) is 18.0. The van der Waals surface area contributed by atoms with Gasteiger partial charge in [-0.1, -0.05) is 0 Å². The molecule has 0 bridgehead atoms. The van der Waals surface area contributed by atoms with Gasteiger partial charge in [0.1, 0.15) is 0 Å². The molecule has 1 aromatic heterocycles. The van der Waals surface area contributed by atoms with Crippen molar-refractivity contribution in [3.05, 3.63) is 22.4 Å². The molecule has 0 saturated carbocycles. The van der Waals surface area contributed by atoms with E-state index in [1.165, 1.54) is 0 Å². The van der Waals surface area contributed by atoms with Crippen molar-refractivity contribution in [2.75, 3.05) is 38.5 Å². The molecule has 2 rings (SSSR count). The monoisotopic (exact) mass is 289 g/mol. The average molecular weight is 289 g/mol. The number of nitrogens with zero attached hydrogens (tertiary/aromatic N) is 1. The summed E-state index contributed by atoms with van der Waals surface area (Å²) < 4.78 is 26.3. The maximum atomic E-state index is 11.8. The lowest BCUT2D eigenvalue weighted by atomic mass is 10.4. The lowest BCUT2D eigenvalue weighted by Gasteiger charge is -2.26. The van der Waals surface area contributed by atoms with Gasteiger partial charge in [0.2, 0.25) is 10.0 Å². The van der Waals surface area contributed by atoms with Crippen molar-refractivity contribution < 1.29 is 8.42 Å². The lowest BCUT2D eigenvalue weighted by Crippen LogP contribution is -2.45. The van der Waals surface area contributed by atoms with Crippen LogP contribution < -0.4 is 10.0 Å². The topological polar surface area (TPSA) is 61.4 Å². The van der Waals surface area contributed by atoms with Crippen molar-refractivity contribution in [2.24, 2.45) is 0 Å². The van der Waals surface area contributed by atoms with E-state index in [1.54, 1.807) is 11.3 Å². The molecular formula is C11H19N3O2S2. The Balaban J connectivity index is 1.73. The minimum Gasteiger partial charge on any atom is -0.314 e. The largest absolute Gasteiger partial charge is 0.314 e. The quantitative estimate of drug-likeness (QED) is 0.778. The van der Waals surface area contributed by atoms with E-state index in [-0.39, 0.29) is 5.75 Å². The van der Waals surface area contributed by atoms with Gasteiger partial charge in [-0.05, 0) is 22.4 Å². The molecule has 0 amide bonds. The zero-order chi connectivity index (χ0) is 12.8. The van der Waals surface area contributed by atoms with Gasteiger partial charge in [0.15, 0.2) is 0 Å². The Morgan fingerprint density at radius 3 is 2.83 bits per heavy atom. The predicted molar refractivity (Wildman–Crippen MR) is 74.3 cm³/mol. The second kappa shape index (κ2) is 6.63. The van der Waals surface area contributed by atoms with Crippen LogP contribution in [0.25, 0.3) is 0 Å². The summed E-state index contributed by atoms with van der Waals surface area (Å²) in [6.45, 7) is 4.76. The SMILES string of the molecule is O=S(=O)(CCN1CCNCC1)NCc1ccsc1. The third-order valence-electron chi connectivity index (χ3n) is 2.96. The lowest BCUT2D eigenvalue weighted by molar-refractivity contribution is 0.253. The van der Waals surface area contributed by atoms with E-state index in [9.17, 15) is 8.42 Å². The van der Waals surface area contributed by atoms with E-state index in [0.29, 0.717) is 13.1 Å². The average Bonchev–Trinajstić information content (AvgIpc) is 2.89. The first-order valence-corrected chi connectivity index (χ1v) is 8.67. The third kappa shape index (κ3) is 4.66. The van der Waals surface area contributed by atoms with Crippen molar-refractivity contribution in [3.63, 3.8) is 0 Å². The molecule has 0 aliphatic carbocycles. The first-order valence-electron chi connectivity index (χ1n) is 6.07. The van der Waals surface area contributed by atoms with E-state index < -0.39 is 10.0 Å². The van der Waals surface area contributed by atoms with Crippen LogP contribution in [0.2, 0.25) is 0 Å². The van der Waals surface area contributed by atoms with Crippen LogP contribution in [0.3, 0.4) is 0 Å². The molecule has 2 N–H and O–H groups in total. The number of rotatable bonds is 6. The van der Waals surface area contributed by atoms with Crippen LogP contribution in [-0.2, 0) is 16.6 Å². The molecule has 5 nitrogen and oxygen atoms in total. The van der Waals surface area contributed by atoms with Crippen LogP contribution in [0.4, 0.5) is 0 Å². The Hall–Kier alpha value is -0.470. The van der Waals surface area contributed by atoms with Crippen molar-refractivity contribution in [2.45, 2.75) is 6.54 Å². The van der Waals surface area contributed by atoms with Crippen LogP contribution in [0.15, 0.2) is 16.8 Å². The first kappa shape index (κ1) is 14.0. The summed E-state index contributed by atoms with van der Waals surface area (Å²) >= 11 is 1.58. The van der Waals surface area contributed by atoms with E-state index >= 15 is 0 Å². The van der Waals surface area contributed by atoms with Gasteiger partial charge >= 0.3 is 0 Å². The van der Waals surface area contributed by atoms with Gasteiger partial charge in [0.05, 0.1) is 5.75 Å². The molecule has 1 fully saturated rings. The van der Waals surface area contributed by atoms with Crippen LogP contribution in [0.1, 0.15) is 5.56 Å². The minimum absolute atomic E-state index is 0.178. The first-order chi connectivity index (χ1) is 8.66. The molecule has 1 aromatic rings. The minimum atomic E-state index is -3.16. The zero-order valence-corrected chi connectivity index (χ0v) is 11.9. The molecule has 0 spiro atoms. The van der Waals surface area contributed by atoms with Crippen molar-refractivity contribution in [1.82, 2.24) is 14.9 Å². The van der Waals surface area contributed by atoms with Gasteiger partial charge in [0, 0.05) is 39.3 Å². The molecule has 7 heteroatoms. The van der Waals surface area contributed by atoms with Crippen molar-refractivity contribution in [3.8, 4) is 0 Å². The third-order valence-corrected chi connectivity index (χ3v) is 5.00. The molecule has 18 heavy (non-hydrogen) atoms. The summed E-state index contributed by atoms with van der Waals surface area (Å²) in [6.07, 6.45) is 0. The standard InChI is InChI=1S/C11H19N3O2S2/c15-18(16,13-9-11-1-7-17-10-11)8-6-14-4-2-12-3-5-14/h1,7,10,12-13H,2-6,8-9H2. The summed E-state index contributed by atoms with van der Waals surface area (Å²) in [7, 11) is -3.16. The van der Waals surface area contributed by atoms with Gasteiger partial charge in [0.25, 0.3) is 0 Å². The fourth-order valence-electron chi connectivity index (χ4n) is 1.84. The highest BCUT2D eigenvalue weighted by atomic mass is 32.2. The molecule has 0 unspecified atom stereocenters. The smallest absolute Gasteiger partial charge is 0.213 e. The van der Waals surface area contributed by atoms with E-state index in [1.807, 2.05) is 16.8 Å². The van der Waals surface area contributed by atoms with Crippen LogP contribution in [0.5, 0.6) is 0 Å². The summed E-state index contributed by atoms with van der Waals surface area (Å²) in [5, 5.41) is 7.16. The second-order valence-electron chi connectivity index (χ2n) is 4.36. The molecule has 0 atom stereocenters. The Bertz CT molecular complexity index is 439. The Morgan fingerprint density at radius 1 is 1.39 bits per heavy atom. The number of piperazine rings is 1. The molecule has 0 aromatic carbocycles.